The first-order valence-corrected chi connectivity index (χ1v) is 7.20. The first-order chi connectivity index (χ1) is 10.5. The third-order valence-electron chi connectivity index (χ3n) is 3.57. The lowest BCUT2D eigenvalue weighted by molar-refractivity contribution is 0.509. The number of nitrogens with two attached hydrogens (primary N) is 1. The Morgan fingerprint density at radius 3 is 2.50 bits per heavy atom. The number of pyridine rings is 1. The van der Waals surface area contributed by atoms with Crippen LogP contribution in [-0.2, 0) is 12.8 Å². The minimum atomic E-state index is -0.948. The Morgan fingerprint density at radius 1 is 1.23 bits per heavy atom. The van der Waals surface area contributed by atoms with E-state index in [1.54, 1.807) is 0 Å². The van der Waals surface area contributed by atoms with Crippen molar-refractivity contribution in [3.8, 4) is 17.2 Å². The molecule has 22 heavy (non-hydrogen) atoms. The molecule has 1 aromatic heterocycles. The Kier molecular flexibility index (Phi) is 4.71. The quantitative estimate of drug-likeness (QED) is 0.928. The standard InChI is InChI=1S/C17H17F2N3/c1-3-5-15-11(4-2)16(12(9-20)17(21)22-15)10-6-7-13(18)14(19)8-10/h6-8H,3-5H2,1-2H3,(H2,21,22). The SMILES string of the molecule is CCCc1nc(N)c(C#N)c(-c2ccc(F)c(F)c2)c1CC. The summed E-state index contributed by atoms with van der Waals surface area (Å²) in [6.45, 7) is 3.96. The summed E-state index contributed by atoms with van der Waals surface area (Å²) in [6.07, 6.45) is 2.23. The molecule has 0 aliphatic carbocycles. The molecule has 5 heteroatoms. The van der Waals surface area contributed by atoms with Crippen molar-refractivity contribution >= 4 is 5.82 Å². The van der Waals surface area contributed by atoms with E-state index in [9.17, 15) is 14.0 Å². The molecule has 114 valence electrons. The smallest absolute Gasteiger partial charge is 0.159 e. The lowest BCUT2D eigenvalue weighted by Crippen LogP contribution is -2.07. The maximum Gasteiger partial charge on any atom is 0.159 e. The van der Waals surface area contributed by atoms with Crippen molar-refractivity contribution in [3.05, 3.63) is 46.7 Å². The van der Waals surface area contributed by atoms with Gasteiger partial charge in [-0.2, -0.15) is 5.26 Å². The summed E-state index contributed by atoms with van der Waals surface area (Å²) < 4.78 is 26.8. The molecule has 0 amide bonds. The number of hydrogen-bond donors (Lipinski definition) is 1. The maximum atomic E-state index is 13.6. The van der Waals surface area contributed by atoms with Crippen LogP contribution < -0.4 is 5.73 Å². The Hall–Kier alpha value is -2.48. The molecule has 0 spiro atoms. The molecule has 1 aromatic carbocycles. The van der Waals surface area contributed by atoms with E-state index in [0.29, 0.717) is 17.5 Å². The summed E-state index contributed by atoms with van der Waals surface area (Å²) in [5.41, 5.74) is 8.77. The predicted molar refractivity (Wildman–Crippen MR) is 82.1 cm³/mol. The van der Waals surface area contributed by atoms with E-state index in [4.69, 9.17) is 5.73 Å². The van der Waals surface area contributed by atoms with Crippen molar-refractivity contribution in [1.29, 1.82) is 5.26 Å². The number of nitrogen functional groups attached to an aromatic ring is 1. The number of nitriles is 1. The van der Waals surface area contributed by atoms with Gasteiger partial charge in [-0.05, 0) is 36.1 Å². The number of benzene rings is 1. The maximum absolute atomic E-state index is 13.6. The molecule has 2 rings (SSSR count). The fourth-order valence-electron chi connectivity index (χ4n) is 2.60. The molecule has 2 N–H and O–H groups in total. The van der Waals surface area contributed by atoms with Crippen LogP contribution in [0.3, 0.4) is 0 Å². The van der Waals surface area contributed by atoms with Crippen LogP contribution in [0.5, 0.6) is 0 Å². The van der Waals surface area contributed by atoms with Gasteiger partial charge in [-0.1, -0.05) is 26.3 Å². The molecule has 0 saturated heterocycles. The predicted octanol–water partition coefficient (Wildman–Crippen LogP) is 4.00. The van der Waals surface area contributed by atoms with Crippen LogP contribution >= 0.6 is 0 Å². The number of rotatable bonds is 4. The lowest BCUT2D eigenvalue weighted by Gasteiger charge is -2.16. The number of halogens is 2. The summed E-state index contributed by atoms with van der Waals surface area (Å²) in [6, 6.07) is 5.65. The van der Waals surface area contributed by atoms with Gasteiger partial charge in [0, 0.05) is 11.3 Å². The van der Waals surface area contributed by atoms with Gasteiger partial charge in [-0.25, -0.2) is 13.8 Å². The van der Waals surface area contributed by atoms with Gasteiger partial charge in [0.15, 0.2) is 11.6 Å². The van der Waals surface area contributed by atoms with E-state index in [0.717, 1.165) is 36.2 Å². The van der Waals surface area contributed by atoms with Crippen LogP contribution in [0.1, 0.15) is 37.1 Å². The van der Waals surface area contributed by atoms with Gasteiger partial charge >= 0.3 is 0 Å². The fourth-order valence-corrected chi connectivity index (χ4v) is 2.60. The third-order valence-corrected chi connectivity index (χ3v) is 3.57. The molecule has 0 bridgehead atoms. The minimum Gasteiger partial charge on any atom is -0.383 e. The van der Waals surface area contributed by atoms with Gasteiger partial charge in [-0.15, -0.1) is 0 Å². The minimum absolute atomic E-state index is 0.128. The summed E-state index contributed by atoms with van der Waals surface area (Å²) >= 11 is 0. The van der Waals surface area contributed by atoms with Crippen molar-refractivity contribution in [2.24, 2.45) is 0 Å². The molecular formula is C17H17F2N3. The number of anilines is 1. The van der Waals surface area contributed by atoms with E-state index in [-0.39, 0.29) is 11.4 Å². The highest BCUT2D eigenvalue weighted by molar-refractivity contribution is 5.79. The molecule has 0 saturated carbocycles. The normalized spacial score (nSPS) is 10.5. The molecule has 0 radical (unpaired) electrons. The molecular weight excluding hydrogens is 284 g/mol. The molecule has 0 atom stereocenters. The van der Waals surface area contributed by atoms with E-state index in [2.05, 4.69) is 4.98 Å². The third kappa shape index (κ3) is 2.77. The van der Waals surface area contributed by atoms with Crippen molar-refractivity contribution in [2.75, 3.05) is 5.73 Å². The van der Waals surface area contributed by atoms with Gasteiger partial charge < -0.3 is 5.73 Å². The first-order valence-electron chi connectivity index (χ1n) is 7.20. The summed E-state index contributed by atoms with van der Waals surface area (Å²) in [4.78, 5) is 4.32. The lowest BCUT2D eigenvalue weighted by atomic mass is 9.91. The van der Waals surface area contributed by atoms with Crippen LogP contribution in [0.15, 0.2) is 18.2 Å². The second-order valence-electron chi connectivity index (χ2n) is 5.02. The Balaban J connectivity index is 2.81. The van der Waals surface area contributed by atoms with Crippen LogP contribution in [0.2, 0.25) is 0 Å². The second kappa shape index (κ2) is 6.52. The topological polar surface area (TPSA) is 62.7 Å². The van der Waals surface area contributed by atoms with Crippen LogP contribution in [0, 0.1) is 23.0 Å². The molecule has 2 aromatic rings. The van der Waals surface area contributed by atoms with Gasteiger partial charge in [0.05, 0.1) is 0 Å². The van der Waals surface area contributed by atoms with Gasteiger partial charge in [0.1, 0.15) is 17.5 Å². The highest BCUT2D eigenvalue weighted by atomic mass is 19.2. The van der Waals surface area contributed by atoms with E-state index < -0.39 is 11.6 Å². The number of aromatic nitrogens is 1. The van der Waals surface area contributed by atoms with Gasteiger partial charge in [-0.3, -0.25) is 0 Å². The van der Waals surface area contributed by atoms with Crippen molar-refractivity contribution < 1.29 is 8.78 Å². The summed E-state index contributed by atoms with van der Waals surface area (Å²) in [5.74, 6) is -1.74. The van der Waals surface area contributed by atoms with E-state index in [1.165, 1.54) is 6.07 Å². The highest BCUT2D eigenvalue weighted by Crippen LogP contribution is 2.33. The average Bonchev–Trinajstić information content (AvgIpc) is 2.50. The van der Waals surface area contributed by atoms with Crippen LogP contribution in [-0.4, -0.2) is 4.98 Å². The van der Waals surface area contributed by atoms with E-state index in [1.807, 2.05) is 19.9 Å². The zero-order chi connectivity index (χ0) is 16.3. The Bertz CT molecular complexity index is 749. The number of nitrogens with zero attached hydrogens (tertiary/aromatic N) is 2. The summed E-state index contributed by atoms with van der Waals surface area (Å²) in [7, 11) is 0. The van der Waals surface area contributed by atoms with Crippen LogP contribution in [0.4, 0.5) is 14.6 Å². The Labute approximate surface area is 128 Å². The monoisotopic (exact) mass is 301 g/mol. The zero-order valence-corrected chi connectivity index (χ0v) is 12.6. The molecule has 0 unspecified atom stereocenters. The second-order valence-corrected chi connectivity index (χ2v) is 5.02. The Morgan fingerprint density at radius 2 is 1.95 bits per heavy atom. The van der Waals surface area contributed by atoms with Gasteiger partial charge in [0.25, 0.3) is 0 Å². The van der Waals surface area contributed by atoms with Crippen LogP contribution in [0.25, 0.3) is 11.1 Å². The largest absolute Gasteiger partial charge is 0.383 e. The van der Waals surface area contributed by atoms with Gasteiger partial charge in [0.2, 0.25) is 0 Å². The average molecular weight is 301 g/mol. The van der Waals surface area contributed by atoms with Crippen molar-refractivity contribution in [3.63, 3.8) is 0 Å². The molecule has 0 fully saturated rings. The van der Waals surface area contributed by atoms with Crippen molar-refractivity contribution in [1.82, 2.24) is 4.98 Å². The molecule has 1 heterocycles. The fraction of sp³-hybridized carbons (Fsp3) is 0.294. The van der Waals surface area contributed by atoms with E-state index >= 15 is 0 Å². The zero-order valence-electron chi connectivity index (χ0n) is 12.6. The highest BCUT2D eigenvalue weighted by Gasteiger charge is 2.19. The molecule has 0 aliphatic heterocycles. The molecule has 3 nitrogen and oxygen atoms in total. The first kappa shape index (κ1) is 15.9. The number of hydrogen-bond acceptors (Lipinski definition) is 3. The van der Waals surface area contributed by atoms with Crippen molar-refractivity contribution in [2.45, 2.75) is 33.1 Å². The molecule has 0 aliphatic rings. The number of aryl methyl sites for hydroxylation is 1. The summed E-state index contributed by atoms with van der Waals surface area (Å²) in [5, 5.41) is 9.39.